The minimum Gasteiger partial charge on any atom is -0.309 e. The zero-order chi connectivity index (χ0) is 9.68. The molecule has 0 saturated heterocycles. The number of nitrogens with zero attached hydrogens (tertiary/aromatic N) is 3. The third-order valence-electron chi connectivity index (χ3n) is 1.26. The lowest BCUT2D eigenvalue weighted by atomic mass is 10.3. The summed E-state index contributed by atoms with van der Waals surface area (Å²) < 4.78 is 0. The van der Waals surface area contributed by atoms with E-state index in [4.69, 9.17) is 10.5 Å². The molecule has 0 aliphatic rings. The van der Waals surface area contributed by atoms with Gasteiger partial charge < -0.3 is 5.32 Å². The third kappa shape index (κ3) is 2.04. The Bertz CT molecular complexity index is 394. The molecule has 6 heteroatoms. The molecule has 6 nitrogen and oxygen atoms in total. The smallest absolute Gasteiger partial charge is 0.239 e. The minimum atomic E-state index is -0.469. The van der Waals surface area contributed by atoms with Gasteiger partial charge in [0.1, 0.15) is 23.9 Å². The van der Waals surface area contributed by atoms with Crippen LogP contribution in [0.25, 0.3) is 0 Å². The van der Waals surface area contributed by atoms with Crippen molar-refractivity contribution in [3.8, 4) is 12.1 Å². The van der Waals surface area contributed by atoms with E-state index < -0.39 is 5.91 Å². The monoisotopic (exact) mass is 175 g/mol. The van der Waals surface area contributed by atoms with Crippen LogP contribution < -0.4 is 5.32 Å². The molecule has 1 aromatic heterocycles. The van der Waals surface area contributed by atoms with E-state index in [-0.39, 0.29) is 17.8 Å². The minimum absolute atomic E-state index is 0.225. The molecule has 0 aromatic carbocycles. The Hall–Kier alpha value is -2.34. The molecule has 1 rings (SSSR count). The van der Waals surface area contributed by atoms with Gasteiger partial charge in [-0.3, -0.25) is 9.89 Å². The number of hydrogen-bond acceptors (Lipinski definition) is 4. The van der Waals surface area contributed by atoms with E-state index in [0.29, 0.717) is 0 Å². The highest BCUT2D eigenvalue weighted by molar-refractivity contribution is 5.92. The quantitative estimate of drug-likeness (QED) is 0.666. The van der Waals surface area contributed by atoms with Gasteiger partial charge in [-0.1, -0.05) is 0 Å². The standard InChI is InChI=1S/C7H5N5O/c8-2-1-6(13)11-7-5(3-9)4-10-12-7/h4H,1H2,(H2,10,11,12,13). The number of aromatic nitrogens is 2. The molecule has 0 bridgehead atoms. The Labute approximate surface area is 73.8 Å². The molecule has 1 heterocycles. The van der Waals surface area contributed by atoms with Gasteiger partial charge in [-0.2, -0.15) is 15.6 Å². The van der Waals surface area contributed by atoms with Gasteiger partial charge in [-0.15, -0.1) is 0 Å². The molecule has 13 heavy (non-hydrogen) atoms. The maximum absolute atomic E-state index is 10.9. The van der Waals surface area contributed by atoms with Crippen LogP contribution in [-0.4, -0.2) is 16.1 Å². The molecular formula is C7H5N5O. The lowest BCUT2D eigenvalue weighted by Gasteiger charge is -1.97. The SMILES string of the molecule is N#CCC(=O)Nc1[nH]ncc1C#N. The predicted octanol–water partition coefficient (Wildman–Crippen LogP) is 0.134. The molecule has 0 spiro atoms. The Morgan fingerprint density at radius 2 is 2.46 bits per heavy atom. The van der Waals surface area contributed by atoms with Crippen LogP contribution >= 0.6 is 0 Å². The summed E-state index contributed by atoms with van der Waals surface area (Å²) in [7, 11) is 0. The Balaban J connectivity index is 2.71. The highest BCUT2D eigenvalue weighted by atomic mass is 16.1. The van der Waals surface area contributed by atoms with Crippen molar-refractivity contribution in [3.05, 3.63) is 11.8 Å². The molecule has 0 radical (unpaired) electrons. The molecule has 0 aliphatic carbocycles. The summed E-state index contributed by atoms with van der Waals surface area (Å²) in [5, 5.41) is 25.0. The van der Waals surface area contributed by atoms with Crippen LogP contribution in [0.2, 0.25) is 0 Å². The van der Waals surface area contributed by atoms with Gasteiger partial charge in [0.15, 0.2) is 0 Å². The van der Waals surface area contributed by atoms with E-state index in [1.54, 1.807) is 6.07 Å². The van der Waals surface area contributed by atoms with Crippen molar-refractivity contribution in [1.29, 1.82) is 10.5 Å². The fourth-order valence-electron chi connectivity index (χ4n) is 0.722. The number of hydrogen-bond donors (Lipinski definition) is 2. The molecule has 0 aliphatic heterocycles. The number of amides is 1. The fourth-order valence-corrected chi connectivity index (χ4v) is 0.722. The number of carbonyl (C=O) groups is 1. The summed E-state index contributed by atoms with van der Waals surface area (Å²) in [6.45, 7) is 0. The number of rotatable bonds is 2. The van der Waals surface area contributed by atoms with Crippen molar-refractivity contribution in [1.82, 2.24) is 10.2 Å². The average Bonchev–Trinajstić information content (AvgIpc) is 2.52. The lowest BCUT2D eigenvalue weighted by Crippen LogP contribution is -2.11. The topological polar surface area (TPSA) is 105 Å². The van der Waals surface area contributed by atoms with Gasteiger partial charge >= 0.3 is 0 Å². The molecular weight excluding hydrogens is 170 g/mol. The molecule has 1 aromatic rings. The van der Waals surface area contributed by atoms with E-state index in [9.17, 15) is 4.79 Å². The number of nitrogens with one attached hydrogen (secondary N) is 2. The summed E-state index contributed by atoms with van der Waals surface area (Å²) in [5.74, 6) is -0.244. The number of carbonyl (C=O) groups excluding carboxylic acids is 1. The average molecular weight is 175 g/mol. The van der Waals surface area contributed by atoms with Gasteiger partial charge in [0.05, 0.1) is 12.3 Å². The summed E-state index contributed by atoms with van der Waals surface area (Å²) in [4.78, 5) is 10.9. The second-order valence-electron chi connectivity index (χ2n) is 2.15. The van der Waals surface area contributed by atoms with E-state index >= 15 is 0 Å². The van der Waals surface area contributed by atoms with Crippen molar-refractivity contribution in [2.24, 2.45) is 0 Å². The normalized spacial score (nSPS) is 8.46. The molecule has 0 saturated carbocycles. The molecule has 0 atom stereocenters. The zero-order valence-electron chi connectivity index (χ0n) is 6.53. The molecule has 64 valence electrons. The number of aromatic amines is 1. The Morgan fingerprint density at radius 1 is 1.69 bits per heavy atom. The first kappa shape index (κ1) is 8.75. The highest BCUT2D eigenvalue weighted by Gasteiger charge is 2.07. The van der Waals surface area contributed by atoms with Crippen LogP contribution in [0.4, 0.5) is 5.82 Å². The summed E-state index contributed by atoms with van der Waals surface area (Å²) in [6, 6.07) is 3.52. The zero-order valence-corrected chi connectivity index (χ0v) is 6.53. The fraction of sp³-hybridized carbons (Fsp3) is 0.143. The van der Waals surface area contributed by atoms with Crippen molar-refractivity contribution in [3.63, 3.8) is 0 Å². The van der Waals surface area contributed by atoms with Gasteiger partial charge in [0.25, 0.3) is 0 Å². The van der Waals surface area contributed by atoms with Crippen LogP contribution in [-0.2, 0) is 4.79 Å². The van der Waals surface area contributed by atoms with Gasteiger partial charge in [-0.25, -0.2) is 0 Å². The maximum atomic E-state index is 10.9. The van der Waals surface area contributed by atoms with Crippen molar-refractivity contribution < 1.29 is 4.79 Å². The van der Waals surface area contributed by atoms with Crippen LogP contribution in [0.1, 0.15) is 12.0 Å². The van der Waals surface area contributed by atoms with E-state index in [1.807, 2.05) is 6.07 Å². The van der Waals surface area contributed by atoms with Gasteiger partial charge in [0.2, 0.25) is 5.91 Å². The van der Waals surface area contributed by atoms with Gasteiger partial charge in [0, 0.05) is 0 Å². The van der Waals surface area contributed by atoms with Crippen molar-refractivity contribution in [2.75, 3.05) is 5.32 Å². The van der Waals surface area contributed by atoms with Crippen molar-refractivity contribution >= 4 is 11.7 Å². The first-order valence-corrected chi connectivity index (χ1v) is 3.38. The van der Waals surface area contributed by atoms with E-state index in [1.165, 1.54) is 6.20 Å². The second kappa shape index (κ2) is 3.88. The largest absolute Gasteiger partial charge is 0.309 e. The first-order chi connectivity index (χ1) is 6.27. The lowest BCUT2D eigenvalue weighted by molar-refractivity contribution is -0.115. The molecule has 0 unspecified atom stereocenters. The molecule has 1 amide bonds. The third-order valence-corrected chi connectivity index (χ3v) is 1.26. The summed E-state index contributed by atoms with van der Waals surface area (Å²) >= 11 is 0. The number of H-pyrrole nitrogens is 1. The Morgan fingerprint density at radius 3 is 3.08 bits per heavy atom. The van der Waals surface area contributed by atoms with Gasteiger partial charge in [-0.05, 0) is 0 Å². The Kier molecular flexibility index (Phi) is 2.61. The highest BCUT2D eigenvalue weighted by Crippen LogP contribution is 2.08. The summed E-state index contributed by atoms with van der Waals surface area (Å²) in [5.41, 5.74) is 0.242. The second-order valence-corrected chi connectivity index (χ2v) is 2.15. The number of nitriles is 2. The van der Waals surface area contributed by atoms with Crippen molar-refractivity contribution in [2.45, 2.75) is 6.42 Å². The predicted molar refractivity (Wildman–Crippen MR) is 42.2 cm³/mol. The molecule has 2 N–H and O–H groups in total. The van der Waals surface area contributed by atoms with E-state index in [0.717, 1.165) is 0 Å². The van der Waals surface area contributed by atoms with Crippen LogP contribution in [0.15, 0.2) is 6.20 Å². The number of anilines is 1. The first-order valence-electron chi connectivity index (χ1n) is 3.38. The maximum Gasteiger partial charge on any atom is 0.239 e. The molecule has 0 fully saturated rings. The van der Waals surface area contributed by atoms with Crippen LogP contribution in [0, 0.1) is 22.7 Å². The summed E-state index contributed by atoms with van der Waals surface area (Å²) in [6.07, 6.45) is 1.05. The van der Waals surface area contributed by atoms with Crippen LogP contribution in [0.3, 0.4) is 0 Å². The van der Waals surface area contributed by atoms with Crippen LogP contribution in [0.5, 0.6) is 0 Å². The van der Waals surface area contributed by atoms with E-state index in [2.05, 4.69) is 15.5 Å².